The van der Waals surface area contributed by atoms with E-state index < -0.39 is 0 Å². The third kappa shape index (κ3) is 2.48. The Bertz CT molecular complexity index is 760. The smallest absolute Gasteiger partial charge is 0.170 e. The van der Waals surface area contributed by atoms with Gasteiger partial charge in [0.25, 0.3) is 0 Å². The molecule has 0 fully saturated rings. The molecule has 3 aromatic rings. The Balaban J connectivity index is 2.11. The first-order valence-corrected chi connectivity index (χ1v) is 6.76. The summed E-state index contributed by atoms with van der Waals surface area (Å²) in [6.07, 6.45) is 0.755. The summed E-state index contributed by atoms with van der Waals surface area (Å²) in [4.78, 5) is 0. The highest BCUT2D eigenvalue weighted by molar-refractivity contribution is 5.73. The van der Waals surface area contributed by atoms with E-state index in [-0.39, 0.29) is 11.5 Å². The SMILES string of the molecule is CCc1c(-c2cccc(O)c2)noc1-c1ccc(O)cc1. The van der Waals surface area contributed by atoms with Crippen molar-refractivity contribution in [2.45, 2.75) is 13.3 Å². The van der Waals surface area contributed by atoms with Crippen LogP contribution in [0.4, 0.5) is 0 Å². The van der Waals surface area contributed by atoms with Crippen molar-refractivity contribution < 1.29 is 14.7 Å². The fourth-order valence-corrected chi connectivity index (χ4v) is 2.36. The number of rotatable bonds is 3. The molecule has 0 aliphatic rings. The van der Waals surface area contributed by atoms with Crippen LogP contribution >= 0.6 is 0 Å². The molecule has 106 valence electrons. The molecule has 4 heteroatoms. The van der Waals surface area contributed by atoms with Crippen molar-refractivity contribution in [2.75, 3.05) is 0 Å². The molecule has 1 heterocycles. The topological polar surface area (TPSA) is 66.5 Å². The van der Waals surface area contributed by atoms with Gasteiger partial charge in [-0.3, -0.25) is 0 Å². The Labute approximate surface area is 122 Å². The zero-order valence-electron chi connectivity index (χ0n) is 11.6. The molecule has 0 unspecified atom stereocenters. The summed E-state index contributed by atoms with van der Waals surface area (Å²) in [5.74, 6) is 1.10. The number of aromatic nitrogens is 1. The Morgan fingerprint density at radius 2 is 1.71 bits per heavy atom. The van der Waals surface area contributed by atoms with E-state index in [1.807, 2.05) is 13.0 Å². The van der Waals surface area contributed by atoms with Gasteiger partial charge in [-0.1, -0.05) is 24.2 Å². The van der Waals surface area contributed by atoms with Crippen molar-refractivity contribution >= 4 is 0 Å². The Hall–Kier alpha value is -2.75. The molecule has 0 aliphatic heterocycles. The van der Waals surface area contributed by atoms with Crippen LogP contribution in [0.2, 0.25) is 0 Å². The van der Waals surface area contributed by atoms with E-state index in [4.69, 9.17) is 4.52 Å². The highest BCUT2D eigenvalue weighted by Crippen LogP contribution is 2.34. The van der Waals surface area contributed by atoms with E-state index >= 15 is 0 Å². The fraction of sp³-hybridized carbons (Fsp3) is 0.118. The molecule has 0 bridgehead atoms. The second-order valence-electron chi connectivity index (χ2n) is 4.79. The number of phenols is 2. The minimum atomic E-state index is 0.198. The molecule has 2 N–H and O–H groups in total. The van der Waals surface area contributed by atoms with E-state index in [1.165, 1.54) is 0 Å². The van der Waals surface area contributed by atoms with E-state index in [0.717, 1.165) is 28.8 Å². The molecule has 0 saturated carbocycles. The summed E-state index contributed by atoms with van der Waals surface area (Å²) in [7, 11) is 0. The van der Waals surface area contributed by atoms with Gasteiger partial charge < -0.3 is 14.7 Å². The molecule has 1 aromatic heterocycles. The predicted octanol–water partition coefficient (Wildman–Crippen LogP) is 3.98. The van der Waals surface area contributed by atoms with Gasteiger partial charge in [-0.25, -0.2) is 0 Å². The van der Waals surface area contributed by atoms with Crippen molar-refractivity contribution in [3.8, 4) is 34.1 Å². The first-order valence-electron chi connectivity index (χ1n) is 6.76. The Kier molecular flexibility index (Phi) is 3.36. The van der Waals surface area contributed by atoms with Crippen LogP contribution in [0.15, 0.2) is 53.1 Å². The average molecular weight is 281 g/mol. The number of aromatic hydroxyl groups is 2. The first-order chi connectivity index (χ1) is 10.2. The van der Waals surface area contributed by atoms with E-state index in [2.05, 4.69) is 5.16 Å². The number of nitrogens with zero attached hydrogens (tertiary/aromatic N) is 1. The van der Waals surface area contributed by atoms with Gasteiger partial charge in [-0.05, 0) is 42.8 Å². The third-order valence-electron chi connectivity index (χ3n) is 3.39. The molecule has 0 saturated heterocycles. The largest absolute Gasteiger partial charge is 0.508 e. The van der Waals surface area contributed by atoms with Crippen LogP contribution in [0.1, 0.15) is 12.5 Å². The summed E-state index contributed by atoms with van der Waals surface area (Å²) in [5.41, 5.74) is 3.40. The maximum absolute atomic E-state index is 9.61. The summed E-state index contributed by atoms with van der Waals surface area (Å²) in [5, 5.41) is 23.1. The maximum atomic E-state index is 9.61. The highest BCUT2D eigenvalue weighted by Gasteiger charge is 2.17. The maximum Gasteiger partial charge on any atom is 0.170 e. The van der Waals surface area contributed by atoms with Gasteiger partial charge in [0.2, 0.25) is 0 Å². The highest BCUT2D eigenvalue weighted by atomic mass is 16.5. The number of phenolic OH excluding ortho intramolecular Hbond substituents is 2. The molecule has 0 aliphatic carbocycles. The van der Waals surface area contributed by atoms with E-state index in [0.29, 0.717) is 5.76 Å². The molecule has 0 spiro atoms. The molecule has 3 rings (SSSR count). The second-order valence-corrected chi connectivity index (χ2v) is 4.79. The molecule has 0 atom stereocenters. The van der Waals surface area contributed by atoms with Gasteiger partial charge >= 0.3 is 0 Å². The zero-order chi connectivity index (χ0) is 14.8. The van der Waals surface area contributed by atoms with Gasteiger partial charge in [0.15, 0.2) is 5.76 Å². The predicted molar refractivity (Wildman–Crippen MR) is 80.1 cm³/mol. The molecule has 0 amide bonds. The lowest BCUT2D eigenvalue weighted by Crippen LogP contribution is -1.87. The molecular formula is C17H15NO3. The van der Waals surface area contributed by atoms with Crippen LogP contribution in [0.5, 0.6) is 11.5 Å². The Morgan fingerprint density at radius 3 is 2.38 bits per heavy atom. The second kappa shape index (κ2) is 5.32. The molecule has 4 nitrogen and oxygen atoms in total. The van der Waals surface area contributed by atoms with Crippen molar-refractivity contribution in [1.29, 1.82) is 0 Å². The number of hydrogen-bond donors (Lipinski definition) is 2. The van der Waals surface area contributed by atoms with Gasteiger partial charge in [-0.2, -0.15) is 0 Å². The van der Waals surface area contributed by atoms with Crippen LogP contribution in [-0.2, 0) is 6.42 Å². The quantitative estimate of drug-likeness (QED) is 0.762. The van der Waals surface area contributed by atoms with Gasteiger partial charge in [0.1, 0.15) is 17.2 Å². The van der Waals surface area contributed by atoms with Crippen LogP contribution in [0.3, 0.4) is 0 Å². The first kappa shape index (κ1) is 13.2. The van der Waals surface area contributed by atoms with Crippen molar-refractivity contribution in [3.63, 3.8) is 0 Å². The lowest BCUT2D eigenvalue weighted by molar-refractivity contribution is 0.434. The number of benzene rings is 2. The standard InChI is InChI=1S/C17H15NO3/c1-2-15-16(12-4-3-5-14(20)10-12)18-21-17(15)11-6-8-13(19)9-7-11/h3-10,19-20H,2H2,1H3. The van der Waals surface area contributed by atoms with Crippen LogP contribution in [-0.4, -0.2) is 15.4 Å². The van der Waals surface area contributed by atoms with E-state index in [1.54, 1.807) is 42.5 Å². The third-order valence-corrected chi connectivity index (χ3v) is 3.39. The fourth-order valence-electron chi connectivity index (χ4n) is 2.36. The van der Waals surface area contributed by atoms with Crippen molar-refractivity contribution in [2.24, 2.45) is 0 Å². The van der Waals surface area contributed by atoms with Crippen molar-refractivity contribution in [1.82, 2.24) is 5.16 Å². The van der Waals surface area contributed by atoms with Crippen LogP contribution in [0, 0.1) is 0 Å². The summed E-state index contributed by atoms with van der Waals surface area (Å²) in [6.45, 7) is 2.03. The lowest BCUT2D eigenvalue weighted by Gasteiger charge is -2.02. The molecular weight excluding hydrogens is 266 g/mol. The molecule has 21 heavy (non-hydrogen) atoms. The average Bonchev–Trinajstić information content (AvgIpc) is 2.92. The van der Waals surface area contributed by atoms with Crippen LogP contribution in [0.25, 0.3) is 22.6 Å². The minimum absolute atomic E-state index is 0.198. The zero-order valence-corrected chi connectivity index (χ0v) is 11.6. The molecule has 2 aromatic carbocycles. The number of hydrogen-bond acceptors (Lipinski definition) is 4. The van der Waals surface area contributed by atoms with Gasteiger partial charge in [0.05, 0.1) is 0 Å². The van der Waals surface area contributed by atoms with Crippen molar-refractivity contribution in [3.05, 3.63) is 54.1 Å². The normalized spacial score (nSPS) is 10.7. The van der Waals surface area contributed by atoms with Crippen LogP contribution < -0.4 is 0 Å². The van der Waals surface area contributed by atoms with Gasteiger partial charge in [0, 0.05) is 16.7 Å². The molecule has 0 radical (unpaired) electrons. The lowest BCUT2D eigenvalue weighted by atomic mass is 10.0. The summed E-state index contributed by atoms with van der Waals surface area (Å²) >= 11 is 0. The summed E-state index contributed by atoms with van der Waals surface area (Å²) in [6, 6.07) is 13.8. The Morgan fingerprint density at radius 1 is 0.952 bits per heavy atom. The van der Waals surface area contributed by atoms with Gasteiger partial charge in [-0.15, -0.1) is 0 Å². The monoisotopic (exact) mass is 281 g/mol. The minimum Gasteiger partial charge on any atom is -0.508 e. The van der Waals surface area contributed by atoms with E-state index in [9.17, 15) is 10.2 Å². The summed E-state index contributed by atoms with van der Waals surface area (Å²) < 4.78 is 5.49.